The summed E-state index contributed by atoms with van der Waals surface area (Å²) in [6, 6.07) is 14.0. The molecule has 0 bridgehead atoms. The molecule has 2 aromatic heterocycles. The van der Waals surface area contributed by atoms with Crippen molar-refractivity contribution in [3.63, 3.8) is 0 Å². The van der Waals surface area contributed by atoms with Gasteiger partial charge in [-0.05, 0) is 49.6 Å². The van der Waals surface area contributed by atoms with Crippen molar-refractivity contribution in [3.8, 4) is 34.3 Å². The van der Waals surface area contributed by atoms with Crippen LogP contribution in [0, 0.1) is 0 Å². The number of rotatable bonds is 9. The van der Waals surface area contributed by atoms with Crippen LogP contribution in [-0.2, 0) is 21.1 Å². The number of nitrogens with two attached hydrogens (primary N) is 1. The van der Waals surface area contributed by atoms with Gasteiger partial charge in [0.05, 0.1) is 22.0 Å². The smallest absolute Gasteiger partial charge is 0.270 e. The third-order valence-corrected chi connectivity index (χ3v) is 8.75. The maximum absolute atomic E-state index is 13.0. The van der Waals surface area contributed by atoms with Gasteiger partial charge in [-0.1, -0.05) is 24.3 Å². The molecular formula is C27H29FN6O4S. The Hall–Kier alpha value is -3.74. The van der Waals surface area contributed by atoms with Gasteiger partial charge in [0.25, 0.3) is 5.89 Å². The van der Waals surface area contributed by atoms with Gasteiger partial charge in [-0.15, -0.1) is 10.2 Å². The largest absolute Gasteiger partial charge is 0.414 e. The molecule has 0 aliphatic carbocycles. The van der Waals surface area contributed by atoms with Gasteiger partial charge in [-0.25, -0.2) is 22.8 Å². The molecule has 1 aliphatic rings. The van der Waals surface area contributed by atoms with E-state index in [9.17, 15) is 12.8 Å². The molecule has 1 aliphatic heterocycles. The predicted octanol–water partition coefficient (Wildman–Crippen LogP) is 3.84. The topological polar surface area (TPSA) is 146 Å². The number of nitrogens with one attached hydrogen (secondary N) is 1. The minimum Gasteiger partial charge on any atom is -0.414 e. The van der Waals surface area contributed by atoms with Gasteiger partial charge in [0, 0.05) is 37.4 Å². The zero-order chi connectivity index (χ0) is 27.4. The average molecular weight is 553 g/mol. The molecule has 204 valence electrons. The average Bonchev–Trinajstić information content (AvgIpc) is 3.44. The number of nitrogen functional groups attached to an aromatic ring is 1. The van der Waals surface area contributed by atoms with E-state index in [0.717, 1.165) is 5.56 Å². The minimum absolute atomic E-state index is 0.109. The highest BCUT2D eigenvalue weighted by Gasteiger charge is 2.29. The zero-order valence-electron chi connectivity index (χ0n) is 21.4. The number of halogens is 1. The lowest BCUT2D eigenvalue weighted by molar-refractivity contribution is 0.0983. The summed E-state index contributed by atoms with van der Waals surface area (Å²) < 4.78 is 50.1. The van der Waals surface area contributed by atoms with Crippen LogP contribution in [-0.4, -0.2) is 59.8 Å². The fraction of sp³-hybridized carbons (Fsp3) is 0.333. The first-order valence-corrected chi connectivity index (χ1v) is 14.2. The Kier molecular flexibility index (Phi) is 7.96. The summed E-state index contributed by atoms with van der Waals surface area (Å²) in [7, 11) is -3.44. The summed E-state index contributed by atoms with van der Waals surface area (Å²) in [5.74, 6) is 0.519. The molecular weight excluding hydrogens is 523 g/mol. The standard InChI is InChI=1S/C27H29FN6O4S/c1-17(28)14-30-15-18-2-4-20(5-3-18)26-33-34-27(38-26)24-25(29)31-16-23(32-24)19-6-8-21(9-7-19)39(35,36)22-10-12-37-13-11-22/h2-9,16-17,22,30H,10-15H2,1H3,(H2,29,31). The van der Waals surface area contributed by atoms with E-state index in [1.165, 1.54) is 13.1 Å². The van der Waals surface area contributed by atoms with Gasteiger partial charge in [-0.2, -0.15) is 0 Å². The van der Waals surface area contributed by atoms with E-state index in [-0.39, 0.29) is 34.7 Å². The second-order valence-electron chi connectivity index (χ2n) is 9.39. The van der Waals surface area contributed by atoms with E-state index in [4.69, 9.17) is 14.9 Å². The molecule has 12 heteroatoms. The summed E-state index contributed by atoms with van der Waals surface area (Å²) in [5, 5.41) is 10.8. The molecule has 0 radical (unpaired) electrons. The Balaban J connectivity index is 1.33. The summed E-state index contributed by atoms with van der Waals surface area (Å²) in [6.07, 6.45) is 1.58. The highest BCUT2D eigenvalue weighted by atomic mass is 32.2. The van der Waals surface area contributed by atoms with Crippen LogP contribution in [0.4, 0.5) is 10.2 Å². The van der Waals surface area contributed by atoms with Gasteiger partial charge >= 0.3 is 0 Å². The van der Waals surface area contributed by atoms with Crippen molar-refractivity contribution in [1.29, 1.82) is 0 Å². The minimum atomic E-state index is -3.44. The molecule has 3 heterocycles. The fourth-order valence-electron chi connectivity index (χ4n) is 4.31. The molecule has 5 rings (SSSR count). The van der Waals surface area contributed by atoms with Gasteiger partial charge in [0.1, 0.15) is 6.17 Å². The maximum atomic E-state index is 13.0. The first-order valence-electron chi connectivity index (χ1n) is 12.6. The maximum Gasteiger partial charge on any atom is 0.270 e. The van der Waals surface area contributed by atoms with Crippen molar-refractivity contribution in [2.75, 3.05) is 25.5 Å². The number of hydrogen-bond acceptors (Lipinski definition) is 10. The normalized spacial score (nSPS) is 15.3. The molecule has 0 amide bonds. The quantitative estimate of drug-likeness (QED) is 0.314. The third-order valence-electron chi connectivity index (χ3n) is 6.47. The van der Waals surface area contributed by atoms with E-state index >= 15 is 0 Å². The Morgan fingerprint density at radius 3 is 2.38 bits per heavy atom. The zero-order valence-corrected chi connectivity index (χ0v) is 22.2. The van der Waals surface area contributed by atoms with Crippen LogP contribution in [0.1, 0.15) is 25.3 Å². The third kappa shape index (κ3) is 6.13. The Labute approximate surface area is 225 Å². The van der Waals surface area contributed by atoms with Gasteiger partial charge in [0.15, 0.2) is 21.3 Å². The number of alkyl halides is 1. The Morgan fingerprint density at radius 2 is 1.69 bits per heavy atom. The van der Waals surface area contributed by atoms with Gasteiger partial charge in [-0.3, -0.25) is 0 Å². The van der Waals surface area contributed by atoms with Crippen molar-refractivity contribution in [3.05, 3.63) is 60.3 Å². The van der Waals surface area contributed by atoms with Crippen LogP contribution in [0.5, 0.6) is 0 Å². The number of nitrogens with zero attached hydrogens (tertiary/aromatic N) is 4. The lowest BCUT2D eigenvalue weighted by Gasteiger charge is -2.22. The van der Waals surface area contributed by atoms with E-state index in [2.05, 4.69) is 25.5 Å². The molecule has 10 nitrogen and oxygen atoms in total. The number of sulfone groups is 1. The fourth-order valence-corrected chi connectivity index (χ4v) is 6.02. The lowest BCUT2D eigenvalue weighted by atomic mass is 10.1. The van der Waals surface area contributed by atoms with Crippen LogP contribution in [0.25, 0.3) is 34.3 Å². The molecule has 0 spiro atoms. The van der Waals surface area contributed by atoms with Crippen molar-refractivity contribution < 1.29 is 22.0 Å². The van der Waals surface area contributed by atoms with Crippen LogP contribution in [0.3, 0.4) is 0 Å². The number of benzene rings is 2. The highest BCUT2D eigenvalue weighted by molar-refractivity contribution is 7.92. The second-order valence-corrected chi connectivity index (χ2v) is 11.6. The summed E-state index contributed by atoms with van der Waals surface area (Å²) in [4.78, 5) is 9.07. The van der Waals surface area contributed by atoms with Crippen molar-refractivity contribution in [1.82, 2.24) is 25.5 Å². The Morgan fingerprint density at radius 1 is 1.03 bits per heavy atom. The lowest BCUT2D eigenvalue weighted by Crippen LogP contribution is -2.28. The van der Waals surface area contributed by atoms with E-state index in [1.807, 2.05) is 24.3 Å². The van der Waals surface area contributed by atoms with E-state index in [1.54, 1.807) is 24.3 Å². The van der Waals surface area contributed by atoms with Crippen molar-refractivity contribution >= 4 is 15.7 Å². The molecule has 4 aromatic rings. The van der Waals surface area contributed by atoms with Crippen LogP contribution >= 0.6 is 0 Å². The molecule has 2 aromatic carbocycles. The molecule has 3 N–H and O–H groups in total. The molecule has 39 heavy (non-hydrogen) atoms. The number of ether oxygens (including phenoxy) is 1. The van der Waals surface area contributed by atoms with E-state index in [0.29, 0.717) is 49.4 Å². The molecule has 1 unspecified atom stereocenters. The van der Waals surface area contributed by atoms with Crippen molar-refractivity contribution in [2.24, 2.45) is 0 Å². The van der Waals surface area contributed by atoms with Crippen molar-refractivity contribution in [2.45, 2.75) is 42.6 Å². The first-order chi connectivity index (χ1) is 18.8. The van der Waals surface area contributed by atoms with Gasteiger partial charge in [0.2, 0.25) is 5.89 Å². The van der Waals surface area contributed by atoms with Crippen LogP contribution in [0.15, 0.2) is 64.0 Å². The highest BCUT2D eigenvalue weighted by Crippen LogP contribution is 2.29. The molecule has 1 saturated heterocycles. The SMILES string of the molecule is CC(F)CNCc1ccc(-c2nnc(-c3nc(-c4ccc(S(=O)(=O)C5CCOCC5)cc4)cnc3N)o2)cc1. The summed E-state index contributed by atoms with van der Waals surface area (Å²) in [5.41, 5.74) is 9.15. The summed E-state index contributed by atoms with van der Waals surface area (Å²) >= 11 is 0. The van der Waals surface area contributed by atoms with E-state index < -0.39 is 21.3 Å². The predicted molar refractivity (Wildman–Crippen MR) is 144 cm³/mol. The van der Waals surface area contributed by atoms with Crippen LogP contribution < -0.4 is 11.1 Å². The summed E-state index contributed by atoms with van der Waals surface area (Å²) in [6.45, 7) is 3.24. The Bertz CT molecular complexity index is 1520. The number of aromatic nitrogens is 4. The van der Waals surface area contributed by atoms with Crippen LogP contribution in [0.2, 0.25) is 0 Å². The monoisotopic (exact) mass is 552 g/mol. The van der Waals surface area contributed by atoms with Gasteiger partial charge < -0.3 is 20.2 Å². The first kappa shape index (κ1) is 26.9. The molecule has 1 atom stereocenters. The molecule has 0 saturated carbocycles. The number of anilines is 1. The number of hydrogen-bond donors (Lipinski definition) is 2. The molecule has 1 fully saturated rings. The second kappa shape index (κ2) is 11.6.